The summed E-state index contributed by atoms with van der Waals surface area (Å²) in [5.74, 6) is 2.19. The van der Waals surface area contributed by atoms with E-state index in [1.165, 1.54) is 62.5 Å². The SMILES string of the molecule is CCCOP(OC1CCN(C(=O)c2ccccc2C2=c3cc4c5c(c3Oc3c2cc2c6c3CCCN6CCC2)CCC[N+]=5CCC4)CC1)N(C(C)C)C(C)C. The maximum atomic E-state index is 14.9. The molecule has 0 spiro atoms. The molecule has 9 heteroatoms. The van der Waals surface area contributed by atoms with Crippen molar-refractivity contribution in [1.82, 2.24) is 14.1 Å². The molecule has 0 aromatic heterocycles. The van der Waals surface area contributed by atoms with Crippen LogP contribution in [-0.2, 0) is 34.7 Å². The van der Waals surface area contributed by atoms with Gasteiger partial charge in [-0.05, 0) is 115 Å². The zero-order valence-corrected chi connectivity index (χ0v) is 34.7. The summed E-state index contributed by atoms with van der Waals surface area (Å²) >= 11 is 0. The molecule has 3 aromatic carbocycles. The van der Waals surface area contributed by atoms with E-state index in [1.807, 2.05) is 6.07 Å². The van der Waals surface area contributed by atoms with Crippen LogP contribution in [-0.4, -0.2) is 79.5 Å². The highest BCUT2D eigenvalue weighted by atomic mass is 31.2. The molecule has 1 unspecified atom stereocenters. The zero-order valence-electron chi connectivity index (χ0n) is 33.8. The number of carbonyl (C=O) groups is 1. The van der Waals surface area contributed by atoms with Crippen LogP contribution in [0.3, 0.4) is 0 Å². The van der Waals surface area contributed by atoms with E-state index in [9.17, 15) is 4.79 Å². The standard InChI is InChI=1S/C46H60N4O4P/c1-6-27-52-55(50(30(2)3)31(4)5)54-34-19-25-49(26-20-34)46(51)36-16-8-7-15-35(36)41-39-28-32-13-9-21-47-23-11-17-37(42(32)47)44(39)53-45-38-18-12-24-48-22-10-14-33(43(38)48)29-40(41)45/h7-8,15-16,28-31,34H,6,9-14,17-27H2,1-5H3/q+1. The average Bonchev–Trinajstić information content (AvgIpc) is 3.19. The minimum atomic E-state index is -1.17. The minimum absolute atomic E-state index is 0.0660. The third-order valence-electron chi connectivity index (χ3n) is 12.7. The van der Waals surface area contributed by atoms with Gasteiger partial charge in [0.05, 0.1) is 18.3 Å². The quantitative estimate of drug-likeness (QED) is 0.123. The van der Waals surface area contributed by atoms with Crippen molar-refractivity contribution in [2.75, 3.05) is 50.8 Å². The highest BCUT2D eigenvalue weighted by molar-refractivity contribution is 7.44. The summed E-state index contributed by atoms with van der Waals surface area (Å²) in [6.45, 7) is 17.6. The Morgan fingerprint density at radius 3 is 2.35 bits per heavy atom. The summed E-state index contributed by atoms with van der Waals surface area (Å²) in [7, 11) is -1.17. The fourth-order valence-electron chi connectivity index (χ4n) is 10.4. The van der Waals surface area contributed by atoms with E-state index in [2.05, 4.69) is 84.0 Å². The van der Waals surface area contributed by atoms with E-state index < -0.39 is 8.53 Å². The Morgan fingerprint density at radius 1 is 0.873 bits per heavy atom. The predicted octanol–water partition coefficient (Wildman–Crippen LogP) is 7.52. The summed E-state index contributed by atoms with van der Waals surface area (Å²) in [4.78, 5) is 19.5. The van der Waals surface area contributed by atoms with E-state index >= 15 is 0 Å². The van der Waals surface area contributed by atoms with Crippen molar-refractivity contribution < 1.29 is 18.6 Å². The molecule has 0 saturated carbocycles. The van der Waals surface area contributed by atoms with Gasteiger partial charge < -0.3 is 23.6 Å². The Labute approximate surface area is 329 Å². The molecule has 292 valence electrons. The summed E-state index contributed by atoms with van der Waals surface area (Å²) in [6.07, 6.45) is 11.5. The highest BCUT2D eigenvalue weighted by Gasteiger charge is 2.38. The first-order valence-corrected chi connectivity index (χ1v) is 22.6. The molecule has 6 heterocycles. The van der Waals surface area contributed by atoms with Crippen molar-refractivity contribution in [3.63, 3.8) is 0 Å². The third kappa shape index (κ3) is 6.73. The summed E-state index contributed by atoms with van der Waals surface area (Å²) in [6, 6.07) is 14.0. The van der Waals surface area contributed by atoms with Crippen LogP contribution in [0, 0.1) is 0 Å². The number of rotatable bonds is 10. The van der Waals surface area contributed by atoms with Gasteiger partial charge in [0.15, 0.2) is 0 Å². The molecular weight excluding hydrogens is 704 g/mol. The van der Waals surface area contributed by atoms with Crippen LogP contribution in [0.4, 0.5) is 5.69 Å². The molecule has 0 radical (unpaired) electrons. The van der Waals surface area contributed by atoms with Crippen LogP contribution in [0.2, 0.25) is 0 Å². The first-order chi connectivity index (χ1) is 26.8. The lowest BCUT2D eigenvalue weighted by molar-refractivity contribution is 0.0542. The number of fused-ring (bicyclic) bond motifs is 4. The number of amides is 1. The molecule has 0 bridgehead atoms. The fraction of sp³-hybridized carbons (Fsp3) is 0.565. The molecule has 6 aliphatic rings. The number of hydrogen-bond donors (Lipinski definition) is 0. The molecule has 1 atom stereocenters. The van der Waals surface area contributed by atoms with E-state index in [0.717, 1.165) is 107 Å². The van der Waals surface area contributed by atoms with Gasteiger partial charge in [0.1, 0.15) is 24.6 Å². The Kier molecular flexibility index (Phi) is 10.6. The molecule has 0 N–H and O–H groups in total. The number of nitrogens with zero attached hydrogens (tertiary/aromatic N) is 4. The van der Waals surface area contributed by atoms with Gasteiger partial charge >= 0.3 is 0 Å². The van der Waals surface area contributed by atoms with Gasteiger partial charge in [-0.3, -0.25) is 4.79 Å². The van der Waals surface area contributed by atoms with Crippen molar-refractivity contribution in [2.24, 2.45) is 0 Å². The van der Waals surface area contributed by atoms with Gasteiger partial charge in [-0.15, -0.1) is 0 Å². The summed E-state index contributed by atoms with van der Waals surface area (Å²) < 4.78 is 25.4. The number of ether oxygens (including phenoxy) is 1. The van der Waals surface area contributed by atoms with Crippen molar-refractivity contribution in [3.05, 3.63) is 85.9 Å². The van der Waals surface area contributed by atoms with Gasteiger partial charge in [0.25, 0.3) is 14.4 Å². The van der Waals surface area contributed by atoms with E-state index in [1.54, 1.807) is 0 Å². The number of likely N-dealkylation sites (tertiary alicyclic amines) is 1. The first kappa shape index (κ1) is 37.3. The second kappa shape index (κ2) is 15.6. The Morgan fingerprint density at radius 2 is 1.58 bits per heavy atom. The number of hydrogen-bond acceptors (Lipinski definition) is 6. The molecular formula is C46H60N4O4P+. The third-order valence-corrected chi connectivity index (χ3v) is 14.9. The topological polar surface area (TPSA) is 57.5 Å². The largest absolute Gasteiger partial charge is 0.455 e. The van der Waals surface area contributed by atoms with Gasteiger partial charge in [0.2, 0.25) is 5.36 Å². The molecule has 1 fully saturated rings. The van der Waals surface area contributed by atoms with Gasteiger partial charge in [0, 0.05) is 89.8 Å². The lowest BCUT2D eigenvalue weighted by atomic mass is 9.81. The Bertz CT molecular complexity index is 2090. The second-order valence-electron chi connectivity index (χ2n) is 17.1. The van der Waals surface area contributed by atoms with Crippen LogP contribution in [0.25, 0.3) is 5.57 Å². The van der Waals surface area contributed by atoms with E-state index in [4.69, 9.17) is 13.8 Å². The smallest absolute Gasteiger partial charge is 0.259 e. The van der Waals surface area contributed by atoms with Crippen molar-refractivity contribution >= 4 is 25.7 Å². The molecule has 55 heavy (non-hydrogen) atoms. The predicted molar refractivity (Wildman–Crippen MR) is 222 cm³/mol. The Balaban J connectivity index is 1.11. The maximum Gasteiger partial charge on any atom is 0.259 e. The first-order valence-electron chi connectivity index (χ1n) is 21.5. The van der Waals surface area contributed by atoms with E-state index in [0.29, 0.717) is 31.8 Å². The highest BCUT2D eigenvalue weighted by Crippen LogP contribution is 2.50. The fourth-order valence-corrected chi connectivity index (χ4v) is 12.3. The van der Waals surface area contributed by atoms with Gasteiger partial charge in [-0.1, -0.05) is 25.1 Å². The average molecular weight is 764 g/mol. The maximum absolute atomic E-state index is 14.9. The minimum Gasteiger partial charge on any atom is -0.455 e. The van der Waals surface area contributed by atoms with Crippen molar-refractivity contribution in [1.29, 1.82) is 0 Å². The zero-order chi connectivity index (χ0) is 37.8. The van der Waals surface area contributed by atoms with Crippen LogP contribution in [0.1, 0.15) is 123 Å². The molecule has 6 aliphatic heterocycles. The summed E-state index contributed by atoms with van der Waals surface area (Å²) in [5, 5.41) is 2.60. The number of piperidine rings is 1. The second-order valence-corrected chi connectivity index (χ2v) is 18.5. The molecule has 9 rings (SSSR count). The van der Waals surface area contributed by atoms with Crippen LogP contribution < -0.4 is 24.8 Å². The molecule has 0 aliphatic carbocycles. The lowest BCUT2D eigenvalue weighted by Gasteiger charge is -2.40. The molecule has 1 amide bonds. The molecule has 1 saturated heterocycles. The normalized spacial score (nSPS) is 19.6. The van der Waals surface area contributed by atoms with Crippen LogP contribution in [0.15, 0.2) is 36.4 Å². The van der Waals surface area contributed by atoms with Crippen molar-refractivity contribution in [2.45, 2.75) is 123 Å². The number of anilines is 1. The lowest BCUT2D eigenvalue weighted by Crippen LogP contribution is -2.45. The van der Waals surface area contributed by atoms with E-state index in [-0.39, 0.29) is 12.0 Å². The molecule has 3 aromatic rings. The number of carbonyl (C=O) groups excluding carboxylic acids is 1. The Hall–Kier alpha value is -3.29. The number of benzene rings is 3. The van der Waals surface area contributed by atoms with Crippen molar-refractivity contribution in [3.8, 4) is 11.5 Å². The van der Waals surface area contributed by atoms with Crippen LogP contribution in [0.5, 0.6) is 11.5 Å². The monoisotopic (exact) mass is 763 g/mol. The molecule has 8 nitrogen and oxygen atoms in total. The van der Waals surface area contributed by atoms with Gasteiger partial charge in [-0.25, -0.2) is 9.25 Å². The number of aryl methyl sites for hydroxylation is 2. The van der Waals surface area contributed by atoms with Gasteiger partial charge in [-0.2, -0.15) is 0 Å². The summed E-state index contributed by atoms with van der Waals surface area (Å²) in [5.41, 5.74) is 11.2. The van der Waals surface area contributed by atoms with Crippen LogP contribution >= 0.6 is 8.53 Å².